The fraction of sp³-hybridized carbons (Fsp3) is 0.414. The van der Waals surface area contributed by atoms with Gasteiger partial charge in [0.05, 0.1) is 83.5 Å². The number of hydrogen-bond donors (Lipinski definition) is 0. The second kappa shape index (κ2) is 67.4. The normalized spacial score (nSPS) is 16.9. The van der Waals surface area contributed by atoms with Gasteiger partial charge >= 0.3 is 0 Å². The first kappa shape index (κ1) is 116. The summed E-state index contributed by atoms with van der Waals surface area (Å²) in [6, 6.07) is 69.0. The van der Waals surface area contributed by atoms with E-state index in [0.717, 1.165) is 63.3 Å². The maximum absolute atomic E-state index is 14.0. The van der Waals surface area contributed by atoms with Gasteiger partial charge in [-0.3, -0.25) is 44.1 Å². The van der Waals surface area contributed by atoms with Crippen LogP contribution in [0.1, 0.15) is 125 Å². The summed E-state index contributed by atoms with van der Waals surface area (Å²) in [4.78, 5) is 16.7. The lowest BCUT2D eigenvalue weighted by Gasteiger charge is -2.34. The molecule has 9 aromatic rings. The highest BCUT2D eigenvalue weighted by Crippen LogP contribution is 2.39. The monoisotopic (exact) mass is 1850 g/mol. The second-order valence-electron chi connectivity index (χ2n) is 34.0. The van der Waals surface area contributed by atoms with E-state index in [1.54, 1.807) is 37.8 Å². The third kappa shape index (κ3) is 42.2. The van der Waals surface area contributed by atoms with Crippen LogP contribution in [-0.4, -0.2) is 247 Å². The van der Waals surface area contributed by atoms with Crippen LogP contribution >= 0.6 is 0 Å². The summed E-state index contributed by atoms with van der Waals surface area (Å²) in [5.74, 6) is 24.5. The number of hydrogen-bond acceptors (Lipinski definition) is 11. The number of halogens is 9. The van der Waals surface area contributed by atoms with Gasteiger partial charge in [-0.1, -0.05) is 247 Å². The highest BCUT2D eigenvalue weighted by Gasteiger charge is 2.36. The zero-order valence-electron chi connectivity index (χ0n) is 81.2. The summed E-state index contributed by atoms with van der Waals surface area (Å²) >= 11 is 0. The van der Waals surface area contributed by atoms with Crippen molar-refractivity contribution in [3.8, 4) is 111 Å². The van der Waals surface area contributed by atoms with E-state index in [1.165, 1.54) is 16.0 Å². The van der Waals surface area contributed by atoms with Crippen molar-refractivity contribution in [3.63, 3.8) is 0 Å². The van der Waals surface area contributed by atoms with Crippen LogP contribution in [0.15, 0.2) is 240 Å². The van der Waals surface area contributed by atoms with Crippen LogP contribution in [0.4, 0.5) is 39.5 Å². The predicted octanol–water partition coefficient (Wildman–Crippen LogP) is 20.6. The molecule has 2 aromatic heterocycles. The zero-order chi connectivity index (χ0) is 100. The molecule has 20 heteroatoms. The summed E-state index contributed by atoms with van der Waals surface area (Å²) in [6.07, 6.45) is 50.8. The van der Waals surface area contributed by atoms with Crippen molar-refractivity contribution in [1.29, 1.82) is 0 Å². The Morgan fingerprint density at radius 2 is 0.750 bits per heavy atom. The summed E-state index contributed by atoms with van der Waals surface area (Å²) in [6.45, 7) is 9.20. The topological polar surface area (TPSA) is 55.4 Å². The standard InChI is InChI=1S/2C14H16FN.C14H18FN.C13H14FN.2C13H16FN.C12H16FNO.C12H14FN.C11H14FNO/c1-3-10-16(2)14-12-7-5-4-6-11(12)8-9-13(14)15;1-3-8-16(2)14-10-12(15)9-11-6-4-5-7-13(11)14;1-4-10-16(3)12(2)14(15)11-13-8-6-5-7-9-13;1-3-8-15(2)13-11-7-5-4-6-10(11)9-12(13)14;1-4-10-15(3)11(2)13(14)12-8-6-5-7-9-12;1-3-9-15(2)13(11-14)10-12-7-5-4-6-8-12;1-3-7-14(8-6-13)11(2)10-12-5-4-9-15-12;1-3-9-14(2)12(13)10-11-7-5-4-6-8-11;1-3-6-13(2)10(9-12)8-11-5-4-7-14-11/h1,4-7,13-14H,8-10H2,2H3;1,4-7,12,14H,8-10H2,2H3;1,5-9,12,14H,10-11H2,2-3H3;1,4-7,12-13H,8-9H2,2H3;1,5-9,11,13H,10H2,2-3H3;1,4-8,13H,9-11H2,2H3;1,4-5,9,11H,6-8,10H2,2H3;1,4-8,12H,9-10H2,2H3;1,4-5,7,10H,6,8-9H2,2H3/i3*15-1;3*14-1;2*13-1;12-1. The molecule has 136 heavy (non-hydrogen) atoms. The van der Waals surface area contributed by atoms with Crippen LogP contribution in [-0.2, 0) is 51.4 Å². The molecule has 3 aliphatic carbocycles. The van der Waals surface area contributed by atoms with Crippen molar-refractivity contribution in [3.05, 3.63) is 298 Å². The number of nitrogens with zero attached hydrogens (tertiary/aromatic N) is 9. The Balaban J connectivity index is 0.000000320. The summed E-state index contributed by atoms with van der Waals surface area (Å²) in [7, 11) is 14.8. The molecule has 0 N–H and O–H groups in total. The largest absolute Gasteiger partial charge is 0.469 e. The minimum atomic E-state index is -1.01. The molecule has 0 fully saturated rings. The Labute approximate surface area is 809 Å². The van der Waals surface area contributed by atoms with Gasteiger partial charge in [0.15, 0.2) is 6.30 Å². The summed E-state index contributed by atoms with van der Waals surface area (Å²) in [5.41, 5.74) is 10.8. The van der Waals surface area contributed by atoms with Crippen molar-refractivity contribution in [2.75, 3.05) is 142 Å². The van der Waals surface area contributed by atoms with Crippen molar-refractivity contribution in [2.24, 2.45) is 0 Å². The average molecular weight is 1850 g/mol. The average Bonchev–Trinajstić information content (AvgIpc) is 1.48. The van der Waals surface area contributed by atoms with E-state index >= 15 is 0 Å². The van der Waals surface area contributed by atoms with E-state index in [-0.39, 0.29) is 61.7 Å². The number of aryl methyl sites for hydroxylation is 1. The quantitative estimate of drug-likeness (QED) is 0.0217. The molecule has 3 aliphatic rings. The number of likely N-dealkylation sites (N-methyl/N-ethyl adjacent to an activating group) is 4. The molecule has 12 rings (SSSR count). The minimum Gasteiger partial charge on any atom is -0.469 e. The van der Waals surface area contributed by atoms with Gasteiger partial charge in [0.1, 0.15) is 62.4 Å². The first-order chi connectivity index (χ1) is 65.6. The van der Waals surface area contributed by atoms with E-state index in [0.29, 0.717) is 122 Å². The molecule has 7 aromatic carbocycles. The van der Waals surface area contributed by atoms with Crippen LogP contribution in [0, 0.1) is 111 Å². The van der Waals surface area contributed by atoms with Crippen molar-refractivity contribution < 1.29 is 48.3 Å². The number of fused-ring (bicyclic) bond motifs is 3. The fourth-order valence-electron chi connectivity index (χ4n) is 15.6. The number of furan rings is 2. The van der Waals surface area contributed by atoms with E-state index < -0.39 is 43.8 Å². The molecule has 0 saturated carbocycles. The molecular formula is C116H140F9N9O2. The van der Waals surface area contributed by atoms with Crippen LogP contribution < -0.4 is 0 Å². The maximum Gasteiger partial charge on any atom is 0.158 e. The lowest BCUT2D eigenvalue weighted by Crippen LogP contribution is -2.38. The highest BCUT2D eigenvalue weighted by molar-refractivity contribution is 5.38. The van der Waals surface area contributed by atoms with Crippen LogP contribution in [0.5, 0.6) is 0 Å². The molecule has 0 saturated heterocycles. The molecule has 0 amide bonds. The van der Waals surface area contributed by atoms with Crippen molar-refractivity contribution in [2.45, 2.75) is 170 Å². The van der Waals surface area contributed by atoms with Crippen molar-refractivity contribution >= 4 is 0 Å². The molecule has 14 unspecified atom stereocenters. The van der Waals surface area contributed by atoms with Crippen LogP contribution in [0.25, 0.3) is 0 Å². The van der Waals surface area contributed by atoms with Crippen molar-refractivity contribution in [1.82, 2.24) is 44.1 Å². The lowest BCUT2D eigenvalue weighted by molar-refractivity contribution is 0.125. The summed E-state index contributed by atoms with van der Waals surface area (Å²) < 4.78 is 131. The maximum atomic E-state index is 14.0. The van der Waals surface area contributed by atoms with Gasteiger partial charge in [-0.2, -0.15) is 0 Å². The molecule has 14 atom stereocenters. The molecule has 0 spiro atoms. The Morgan fingerprint density at radius 3 is 1.21 bits per heavy atom. The third-order valence-corrected chi connectivity index (χ3v) is 23.8. The van der Waals surface area contributed by atoms with E-state index in [4.69, 9.17) is 66.6 Å². The highest BCUT2D eigenvalue weighted by atomic mass is 18.2. The van der Waals surface area contributed by atoms with Gasteiger partial charge in [0, 0.05) is 81.3 Å². The first-order valence-electron chi connectivity index (χ1n) is 45.8. The molecule has 2 heterocycles. The van der Waals surface area contributed by atoms with E-state index in [9.17, 15) is 39.5 Å². The first-order valence-corrected chi connectivity index (χ1v) is 45.8. The Bertz CT molecular complexity index is 5090. The van der Waals surface area contributed by atoms with Crippen LogP contribution in [0.2, 0.25) is 0 Å². The number of alkyl halides is 9. The SMILES string of the molecule is C#CCN(C)C(C)C([18F])Cc1ccccc1.C#CCN(C)C(C)C([18F])c1ccccc1.C#CCN(C)C(C[18F])Cc1ccccc1.C#CCN(C)C(C[18F])Cc1ccco1.C#CCN(C)C([18F])Cc1ccccc1.C#CCN(C)C1CC([18F])Cc2ccccc21.C#CCN(C)C1c2ccccc2CC1[18F].C#CCN(C)C1c2ccccc2CCC1[18F].C#CCN(CC[18F])C(C)Cc1ccco1. The summed E-state index contributed by atoms with van der Waals surface area (Å²) in [5, 5.41) is 0. The Morgan fingerprint density at radius 1 is 0.368 bits per heavy atom. The third-order valence-electron chi connectivity index (χ3n) is 23.8. The van der Waals surface area contributed by atoms with E-state index in [1.807, 2.05) is 297 Å². The molecule has 0 radical (unpaired) electrons. The number of terminal acetylenes is 9. The van der Waals surface area contributed by atoms with E-state index in [2.05, 4.69) is 65.4 Å². The number of benzene rings is 7. The molecule has 0 aliphatic heterocycles. The molecule has 11 nitrogen and oxygen atoms in total. The fourth-order valence-corrected chi connectivity index (χ4v) is 15.6. The molecule has 0 bridgehead atoms. The molecular weight excluding hydrogens is 1710 g/mol. The smallest absolute Gasteiger partial charge is 0.158 e. The van der Waals surface area contributed by atoms with Gasteiger partial charge in [-0.05, 0) is 183 Å². The Hall–Kier alpha value is -11.9. The van der Waals surface area contributed by atoms with Gasteiger partial charge in [-0.15, -0.1) is 57.8 Å². The van der Waals surface area contributed by atoms with Gasteiger partial charge < -0.3 is 8.83 Å². The minimum absolute atomic E-state index is 0.121. The van der Waals surface area contributed by atoms with Gasteiger partial charge in [0.25, 0.3) is 0 Å². The van der Waals surface area contributed by atoms with Crippen LogP contribution in [0.3, 0.4) is 0 Å². The second-order valence-corrected chi connectivity index (χ2v) is 34.0. The Kier molecular flexibility index (Phi) is 57.7. The number of rotatable bonds is 35. The predicted molar refractivity (Wildman–Crippen MR) is 544 cm³/mol. The van der Waals surface area contributed by atoms with Gasteiger partial charge in [0.2, 0.25) is 0 Å². The van der Waals surface area contributed by atoms with Gasteiger partial charge in [-0.25, -0.2) is 39.5 Å². The zero-order valence-corrected chi connectivity index (χ0v) is 81.2. The lowest BCUT2D eigenvalue weighted by atomic mass is 9.85. The molecule has 724 valence electrons.